The van der Waals surface area contributed by atoms with E-state index in [2.05, 4.69) is 5.32 Å². The first-order valence-electron chi connectivity index (χ1n) is 7.54. The first-order chi connectivity index (χ1) is 10.4. The number of hydrogen-bond acceptors (Lipinski definition) is 2. The Bertz CT molecular complexity index is 601. The Balaban J connectivity index is 1.67. The molecule has 3 N–H and O–H groups in total. The zero-order chi connectivity index (χ0) is 16.0. The molecule has 3 rings (SSSR count). The monoisotopic (exact) mass is 312 g/mol. The van der Waals surface area contributed by atoms with Crippen molar-refractivity contribution in [3.63, 3.8) is 0 Å². The predicted molar refractivity (Wildman–Crippen MR) is 75.5 cm³/mol. The topological polar surface area (TPSA) is 55.1 Å². The van der Waals surface area contributed by atoms with E-state index in [4.69, 9.17) is 5.73 Å². The van der Waals surface area contributed by atoms with Crippen LogP contribution in [0.4, 0.5) is 13.2 Å². The maximum Gasteiger partial charge on any atom is 0.264 e. The van der Waals surface area contributed by atoms with Gasteiger partial charge in [-0.05, 0) is 30.4 Å². The Morgan fingerprint density at radius 2 is 2.05 bits per heavy atom. The van der Waals surface area contributed by atoms with Gasteiger partial charge in [0.1, 0.15) is 11.2 Å². The molecule has 2 aliphatic rings. The SMILES string of the molecule is NCc1ccc(CNC(=O)[C@]2(C3CCC3)CC2(F)F)c(F)c1. The van der Waals surface area contributed by atoms with Crippen LogP contribution in [0.5, 0.6) is 0 Å². The number of nitrogens with two attached hydrogens (primary N) is 1. The van der Waals surface area contributed by atoms with E-state index in [1.165, 1.54) is 12.1 Å². The van der Waals surface area contributed by atoms with E-state index in [0.29, 0.717) is 18.4 Å². The number of hydrogen-bond donors (Lipinski definition) is 2. The van der Waals surface area contributed by atoms with Crippen molar-refractivity contribution in [3.05, 3.63) is 35.1 Å². The minimum absolute atomic E-state index is 0.0833. The fourth-order valence-electron chi connectivity index (χ4n) is 3.28. The van der Waals surface area contributed by atoms with E-state index in [-0.39, 0.29) is 31.0 Å². The molecule has 0 radical (unpaired) electrons. The van der Waals surface area contributed by atoms with E-state index in [0.717, 1.165) is 6.42 Å². The lowest BCUT2D eigenvalue weighted by molar-refractivity contribution is -0.135. The van der Waals surface area contributed by atoms with E-state index in [9.17, 15) is 18.0 Å². The molecule has 0 bridgehead atoms. The third-order valence-electron chi connectivity index (χ3n) is 5.03. The first-order valence-corrected chi connectivity index (χ1v) is 7.54. The van der Waals surface area contributed by atoms with Gasteiger partial charge in [-0.15, -0.1) is 0 Å². The fourth-order valence-corrected chi connectivity index (χ4v) is 3.28. The maximum atomic E-state index is 13.8. The van der Waals surface area contributed by atoms with Gasteiger partial charge in [-0.1, -0.05) is 18.6 Å². The molecule has 1 atom stereocenters. The van der Waals surface area contributed by atoms with Crippen LogP contribution >= 0.6 is 0 Å². The predicted octanol–water partition coefficient (Wildman–Crippen LogP) is 2.73. The number of carbonyl (C=O) groups excluding carboxylic acids is 1. The van der Waals surface area contributed by atoms with Crippen LogP contribution in [0.15, 0.2) is 18.2 Å². The zero-order valence-electron chi connectivity index (χ0n) is 12.2. The van der Waals surface area contributed by atoms with Gasteiger partial charge < -0.3 is 11.1 Å². The molecule has 120 valence electrons. The fraction of sp³-hybridized carbons (Fsp3) is 0.562. The second kappa shape index (κ2) is 5.26. The third-order valence-corrected chi connectivity index (χ3v) is 5.03. The number of benzene rings is 1. The van der Waals surface area contributed by atoms with E-state index in [1.807, 2.05) is 0 Å². The molecule has 1 aromatic rings. The van der Waals surface area contributed by atoms with Crippen LogP contribution in [0.3, 0.4) is 0 Å². The van der Waals surface area contributed by atoms with Gasteiger partial charge in [0.05, 0.1) is 0 Å². The smallest absolute Gasteiger partial charge is 0.264 e. The van der Waals surface area contributed by atoms with Crippen molar-refractivity contribution in [2.45, 2.75) is 44.7 Å². The molecule has 2 fully saturated rings. The van der Waals surface area contributed by atoms with E-state index < -0.39 is 23.1 Å². The van der Waals surface area contributed by atoms with E-state index in [1.54, 1.807) is 6.07 Å². The van der Waals surface area contributed by atoms with Crippen LogP contribution < -0.4 is 11.1 Å². The molecule has 0 spiro atoms. The van der Waals surface area contributed by atoms with Crippen LogP contribution in [0.2, 0.25) is 0 Å². The molecule has 1 amide bonds. The first kappa shape index (κ1) is 15.3. The number of nitrogens with one attached hydrogen (secondary N) is 1. The Labute approximate surface area is 127 Å². The summed E-state index contributed by atoms with van der Waals surface area (Å²) in [5.74, 6) is -4.30. The van der Waals surface area contributed by atoms with Gasteiger partial charge in [-0.2, -0.15) is 0 Å². The molecule has 0 saturated heterocycles. The molecule has 3 nitrogen and oxygen atoms in total. The highest BCUT2D eigenvalue weighted by Crippen LogP contribution is 2.68. The lowest BCUT2D eigenvalue weighted by Gasteiger charge is -2.33. The summed E-state index contributed by atoms with van der Waals surface area (Å²) in [5.41, 5.74) is 4.79. The molecule has 2 aliphatic carbocycles. The normalized spacial score (nSPS) is 26.4. The van der Waals surface area contributed by atoms with E-state index >= 15 is 0 Å². The van der Waals surface area contributed by atoms with Gasteiger partial charge >= 0.3 is 0 Å². The van der Waals surface area contributed by atoms with Crippen LogP contribution in [-0.2, 0) is 17.9 Å². The molecular weight excluding hydrogens is 293 g/mol. The molecule has 0 aromatic heterocycles. The number of amides is 1. The lowest BCUT2D eigenvalue weighted by Crippen LogP contribution is -2.42. The minimum atomic E-state index is -2.93. The van der Waals surface area contributed by atoms with Gasteiger partial charge in [-0.3, -0.25) is 4.79 Å². The quantitative estimate of drug-likeness (QED) is 0.878. The van der Waals surface area contributed by atoms with Crippen molar-refractivity contribution in [1.29, 1.82) is 0 Å². The molecule has 1 aromatic carbocycles. The molecule has 0 unspecified atom stereocenters. The molecule has 6 heteroatoms. The summed E-state index contributed by atoms with van der Waals surface area (Å²) >= 11 is 0. The highest BCUT2D eigenvalue weighted by molar-refractivity contribution is 5.88. The maximum absolute atomic E-state index is 13.8. The average Bonchev–Trinajstić information content (AvgIpc) is 2.98. The van der Waals surface area contributed by atoms with Crippen molar-refractivity contribution < 1.29 is 18.0 Å². The van der Waals surface area contributed by atoms with Gasteiger partial charge in [0.25, 0.3) is 5.92 Å². The van der Waals surface area contributed by atoms with Crippen molar-refractivity contribution in [1.82, 2.24) is 5.32 Å². The number of carbonyl (C=O) groups is 1. The van der Waals surface area contributed by atoms with Crippen LogP contribution in [0.25, 0.3) is 0 Å². The molecule has 0 aliphatic heterocycles. The number of alkyl halides is 2. The van der Waals surface area contributed by atoms with Gasteiger partial charge in [0, 0.05) is 25.1 Å². The molecular formula is C16H19F3N2O. The van der Waals surface area contributed by atoms with Crippen LogP contribution in [-0.4, -0.2) is 11.8 Å². The summed E-state index contributed by atoms with van der Waals surface area (Å²) in [7, 11) is 0. The summed E-state index contributed by atoms with van der Waals surface area (Å²) in [6, 6.07) is 4.49. The summed E-state index contributed by atoms with van der Waals surface area (Å²) in [6.45, 7) is 0.140. The number of halogens is 3. The van der Waals surface area contributed by atoms with Crippen LogP contribution in [0, 0.1) is 17.2 Å². The summed E-state index contributed by atoms with van der Waals surface area (Å²) < 4.78 is 41.3. The van der Waals surface area contributed by atoms with Crippen molar-refractivity contribution in [2.75, 3.05) is 0 Å². The Morgan fingerprint density at radius 1 is 1.36 bits per heavy atom. The number of rotatable bonds is 5. The zero-order valence-corrected chi connectivity index (χ0v) is 12.2. The summed E-state index contributed by atoms with van der Waals surface area (Å²) in [4.78, 5) is 12.3. The molecule has 2 saturated carbocycles. The minimum Gasteiger partial charge on any atom is -0.351 e. The van der Waals surface area contributed by atoms with Gasteiger partial charge in [0.15, 0.2) is 0 Å². The Hall–Kier alpha value is -1.56. The molecule has 22 heavy (non-hydrogen) atoms. The van der Waals surface area contributed by atoms with Crippen molar-refractivity contribution in [3.8, 4) is 0 Å². The average molecular weight is 312 g/mol. The Morgan fingerprint density at radius 3 is 2.50 bits per heavy atom. The van der Waals surface area contributed by atoms with Crippen LogP contribution in [0.1, 0.15) is 36.8 Å². The van der Waals surface area contributed by atoms with Gasteiger partial charge in [-0.25, -0.2) is 13.2 Å². The Kier molecular flexibility index (Phi) is 3.67. The highest BCUT2D eigenvalue weighted by atomic mass is 19.3. The second-order valence-electron chi connectivity index (χ2n) is 6.29. The molecule has 0 heterocycles. The van der Waals surface area contributed by atoms with Gasteiger partial charge in [0.2, 0.25) is 5.91 Å². The standard InChI is InChI=1S/C16H19F3N2O/c17-13-6-10(7-20)4-5-11(13)8-21-14(22)15(9-16(15,18)19)12-2-1-3-12/h4-6,12H,1-3,7-9,20H2,(H,21,22)/t15-/m1/s1. The van der Waals surface area contributed by atoms with Crippen molar-refractivity contribution >= 4 is 5.91 Å². The summed E-state index contributed by atoms with van der Waals surface area (Å²) in [6.07, 6.45) is 1.85. The largest absolute Gasteiger partial charge is 0.351 e. The summed E-state index contributed by atoms with van der Waals surface area (Å²) in [5, 5.41) is 2.49. The second-order valence-corrected chi connectivity index (χ2v) is 6.29. The lowest BCUT2D eigenvalue weighted by atomic mass is 9.72. The third kappa shape index (κ3) is 2.29. The highest BCUT2D eigenvalue weighted by Gasteiger charge is 2.78. The van der Waals surface area contributed by atoms with Crippen molar-refractivity contribution in [2.24, 2.45) is 17.1 Å².